The van der Waals surface area contributed by atoms with E-state index in [1.165, 1.54) is 4.68 Å². The minimum atomic E-state index is -0.168. The van der Waals surface area contributed by atoms with Crippen LogP contribution in [0.2, 0.25) is 0 Å². The molecule has 0 saturated heterocycles. The highest BCUT2D eigenvalue weighted by molar-refractivity contribution is 6.17. The van der Waals surface area contributed by atoms with Gasteiger partial charge in [-0.1, -0.05) is 12.1 Å². The standard InChI is InChI=1S/C15H17ClN2O2/c1-10(2)20-13-6-4-5-11(7-13)14-8-12(9-16)15(19)18(3)17-14/h4-8,10H,9H2,1-3H3. The molecule has 106 valence electrons. The molecule has 0 saturated carbocycles. The van der Waals surface area contributed by atoms with E-state index < -0.39 is 0 Å². The lowest BCUT2D eigenvalue weighted by atomic mass is 10.1. The quantitative estimate of drug-likeness (QED) is 0.814. The van der Waals surface area contributed by atoms with Crippen LogP contribution in [0.15, 0.2) is 35.1 Å². The summed E-state index contributed by atoms with van der Waals surface area (Å²) in [6.45, 7) is 3.95. The Balaban J connectivity index is 2.46. The number of nitrogens with zero attached hydrogens (tertiary/aromatic N) is 2. The number of ether oxygens (including phenoxy) is 1. The zero-order valence-corrected chi connectivity index (χ0v) is 12.5. The maximum Gasteiger partial charge on any atom is 0.270 e. The zero-order chi connectivity index (χ0) is 14.7. The predicted octanol–water partition coefficient (Wildman–Crippen LogP) is 2.97. The monoisotopic (exact) mass is 292 g/mol. The van der Waals surface area contributed by atoms with E-state index in [-0.39, 0.29) is 17.5 Å². The predicted molar refractivity (Wildman–Crippen MR) is 80.2 cm³/mol. The van der Waals surface area contributed by atoms with Gasteiger partial charge >= 0.3 is 0 Å². The second-order valence-electron chi connectivity index (χ2n) is 4.81. The first-order chi connectivity index (χ1) is 9.51. The van der Waals surface area contributed by atoms with Crippen molar-refractivity contribution in [2.24, 2.45) is 7.05 Å². The van der Waals surface area contributed by atoms with E-state index in [0.29, 0.717) is 11.3 Å². The Morgan fingerprint density at radius 3 is 2.75 bits per heavy atom. The van der Waals surface area contributed by atoms with Gasteiger partial charge in [-0.3, -0.25) is 4.79 Å². The van der Waals surface area contributed by atoms with Crippen LogP contribution in [0.1, 0.15) is 19.4 Å². The van der Waals surface area contributed by atoms with Crippen LogP contribution >= 0.6 is 11.6 Å². The molecule has 0 radical (unpaired) electrons. The van der Waals surface area contributed by atoms with Crippen molar-refractivity contribution in [2.45, 2.75) is 25.8 Å². The van der Waals surface area contributed by atoms with Crippen LogP contribution in [0.25, 0.3) is 11.3 Å². The molecule has 2 rings (SSSR count). The Morgan fingerprint density at radius 2 is 2.10 bits per heavy atom. The largest absolute Gasteiger partial charge is 0.491 e. The number of aryl methyl sites for hydroxylation is 1. The number of hydrogen-bond donors (Lipinski definition) is 0. The number of benzene rings is 1. The lowest BCUT2D eigenvalue weighted by molar-refractivity contribution is 0.242. The molecule has 0 aliphatic carbocycles. The van der Waals surface area contributed by atoms with E-state index >= 15 is 0 Å². The van der Waals surface area contributed by atoms with Crippen molar-refractivity contribution in [1.29, 1.82) is 0 Å². The first-order valence-electron chi connectivity index (χ1n) is 6.41. The summed E-state index contributed by atoms with van der Waals surface area (Å²) < 4.78 is 6.97. The van der Waals surface area contributed by atoms with Gasteiger partial charge in [0.05, 0.1) is 17.7 Å². The summed E-state index contributed by atoms with van der Waals surface area (Å²) in [6, 6.07) is 9.36. The van der Waals surface area contributed by atoms with E-state index in [0.717, 1.165) is 11.3 Å². The summed E-state index contributed by atoms with van der Waals surface area (Å²) in [5, 5.41) is 4.26. The molecule has 1 aromatic carbocycles. The highest BCUT2D eigenvalue weighted by Gasteiger charge is 2.08. The van der Waals surface area contributed by atoms with Gasteiger partial charge in [0.15, 0.2) is 0 Å². The van der Waals surface area contributed by atoms with Crippen LogP contribution in [-0.4, -0.2) is 15.9 Å². The van der Waals surface area contributed by atoms with Crippen molar-refractivity contribution in [2.75, 3.05) is 0 Å². The Hall–Kier alpha value is -1.81. The van der Waals surface area contributed by atoms with E-state index in [4.69, 9.17) is 16.3 Å². The van der Waals surface area contributed by atoms with Crippen molar-refractivity contribution >= 4 is 11.6 Å². The van der Waals surface area contributed by atoms with Gasteiger partial charge in [0.1, 0.15) is 5.75 Å². The van der Waals surface area contributed by atoms with E-state index in [1.807, 2.05) is 38.1 Å². The zero-order valence-electron chi connectivity index (χ0n) is 11.8. The Bertz CT molecular complexity index is 665. The molecule has 0 aliphatic heterocycles. The van der Waals surface area contributed by atoms with Gasteiger partial charge in [-0.25, -0.2) is 4.68 Å². The molecule has 0 amide bonds. The van der Waals surface area contributed by atoms with Crippen LogP contribution < -0.4 is 10.3 Å². The Morgan fingerprint density at radius 1 is 1.35 bits per heavy atom. The summed E-state index contributed by atoms with van der Waals surface area (Å²) in [6.07, 6.45) is 0.108. The third kappa shape index (κ3) is 3.20. The van der Waals surface area contributed by atoms with Gasteiger partial charge in [0.25, 0.3) is 5.56 Å². The van der Waals surface area contributed by atoms with Gasteiger partial charge in [0, 0.05) is 18.2 Å². The topological polar surface area (TPSA) is 44.1 Å². The first kappa shape index (κ1) is 14.6. The van der Waals surface area contributed by atoms with Gasteiger partial charge in [-0.15, -0.1) is 11.6 Å². The van der Waals surface area contributed by atoms with Crippen molar-refractivity contribution in [3.63, 3.8) is 0 Å². The number of halogens is 1. The van der Waals surface area contributed by atoms with E-state index in [2.05, 4.69) is 5.10 Å². The molecule has 0 atom stereocenters. The molecule has 0 unspecified atom stereocenters. The highest BCUT2D eigenvalue weighted by atomic mass is 35.5. The van der Waals surface area contributed by atoms with Crippen LogP contribution in [0.3, 0.4) is 0 Å². The molecule has 1 heterocycles. The van der Waals surface area contributed by atoms with Crippen molar-refractivity contribution in [3.8, 4) is 17.0 Å². The molecule has 1 aromatic heterocycles. The second kappa shape index (κ2) is 6.09. The van der Waals surface area contributed by atoms with Crippen molar-refractivity contribution in [1.82, 2.24) is 9.78 Å². The maximum atomic E-state index is 11.8. The van der Waals surface area contributed by atoms with Crippen molar-refractivity contribution < 1.29 is 4.74 Å². The molecular weight excluding hydrogens is 276 g/mol. The SMILES string of the molecule is CC(C)Oc1cccc(-c2cc(CCl)c(=O)n(C)n2)c1. The summed E-state index contributed by atoms with van der Waals surface area (Å²) in [5.74, 6) is 0.949. The van der Waals surface area contributed by atoms with Crippen molar-refractivity contribution in [3.05, 3.63) is 46.2 Å². The lowest BCUT2D eigenvalue weighted by Crippen LogP contribution is -2.23. The molecule has 0 spiro atoms. The minimum absolute atomic E-state index is 0.108. The van der Waals surface area contributed by atoms with E-state index in [9.17, 15) is 4.79 Å². The van der Waals surface area contributed by atoms with Crippen LogP contribution in [0.5, 0.6) is 5.75 Å². The molecule has 5 heteroatoms. The van der Waals surface area contributed by atoms with Crippen LogP contribution in [0, 0.1) is 0 Å². The van der Waals surface area contributed by atoms with Crippen LogP contribution in [-0.2, 0) is 12.9 Å². The number of rotatable bonds is 4. The Labute approximate surface area is 123 Å². The molecule has 0 N–H and O–H groups in total. The van der Waals surface area contributed by atoms with Gasteiger partial charge in [-0.2, -0.15) is 5.10 Å². The third-order valence-corrected chi connectivity index (χ3v) is 3.07. The summed E-state index contributed by atoms with van der Waals surface area (Å²) in [4.78, 5) is 11.8. The normalized spacial score (nSPS) is 10.8. The molecule has 0 fully saturated rings. The fourth-order valence-electron chi connectivity index (χ4n) is 1.91. The second-order valence-corrected chi connectivity index (χ2v) is 5.08. The average Bonchev–Trinajstić information content (AvgIpc) is 2.41. The molecule has 20 heavy (non-hydrogen) atoms. The van der Waals surface area contributed by atoms with E-state index in [1.54, 1.807) is 13.1 Å². The van der Waals surface area contributed by atoms with Gasteiger partial charge < -0.3 is 4.74 Å². The van der Waals surface area contributed by atoms with Gasteiger partial charge in [-0.05, 0) is 32.0 Å². The number of alkyl halides is 1. The molecule has 4 nitrogen and oxygen atoms in total. The molecule has 0 bridgehead atoms. The lowest BCUT2D eigenvalue weighted by Gasteiger charge is -2.11. The summed E-state index contributed by atoms with van der Waals surface area (Å²) in [5.41, 5.74) is 1.97. The maximum absolute atomic E-state index is 11.8. The minimum Gasteiger partial charge on any atom is -0.491 e. The van der Waals surface area contributed by atoms with Gasteiger partial charge in [0.2, 0.25) is 0 Å². The summed E-state index contributed by atoms with van der Waals surface area (Å²) in [7, 11) is 1.62. The third-order valence-electron chi connectivity index (χ3n) is 2.78. The summed E-state index contributed by atoms with van der Waals surface area (Å²) >= 11 is 5.80. The Kier molecular flexibility index (Phi) is 4.45. The number of aromatic nitrogens is 2. The number of hydrogen-bond acceptors (Lipinski definition) is 3. The fourth-order valence-corrected chi connectivity index (χ4v) is 2.10. The molecular formula is C15H17ClN2O2. The first-order valence-corrected chi connectivity index (χ1v) is 6.95. The molecule has 0 aliphatic rings. The molecule has 2 aromatic rings. The average molecular weight is 293 g/mol. The smallest absolute Gasteiger partial charge is 0.270 e. The highest BCUT2D eigenvalue weighted by Crippen LogP contribution is 2.23. The van der Waals surface area contributed by atoms with Crippen LogP contribution in [0.4, 0.5) is 0 Å². The fraction of sp³-hybridized carbons (Fsp3) is 0.333.